The average Bonchev–Trinajstić information content (AvgIpc) is 2.83. The number of fused-ring (bicyclic) bond motifs is 1. The Hall–Kier alpha value is -0.590. The van der Waals surface area contributed by atoms with E-state index in [-0.39, 0.29) is 4.34 Å². The standard InChI is InChI=1S/C12H16NO4PS2/c1-3-9(4-2)18(14,15)17-20(16)12-13-10-7-5-6-8-11(10)19-12/h5-9H,3-4H2,1-2H3,(H,14,15). The first-order valence-corrected chi connectivity index (χ1v) is 9.81. The van der Waals surface area contributed by atoms with Gasteiger partial charge in [-0.2, -0.15) is 0 Å². The summed E-state index contributed by atoms with van der Waals surface area (Å²) in [5.41, 5.74) is 0.209. The molecule has 0 radical (unpaired) electrons. The zero-order chi connectivity index (χ0) is 14.8. The summed E-state index contributed by atoms with van der Waals surface area (Å²) < 4.78 is 30.2. The number of aromatic nitrogens is 1. The summed E-state index contributed by atoms with van der Waals surface area (Å²) in [6.45, 7) is 3.61. The molecule has 0 aliphatic rings. The van der Waals surface area contributed by atoms with Gasteiger partial charge in [0.15, 0.2) is 0 Å². The monoisotopic (exact) mass is 333 g/mol. The van der Waals surface area contributed by atoms with E-state index >= 15 is 0 Å². The summed E-state index contributed by atoms with van der Waals surface area (Å²) in [6.07, 6.45) is 1.00. The molecular formula is C12H16NO4PS2. The van der Waals surface area contributed by atoms with Crippen LogP contribution < -0.4 is 0 Å². The number of para-hydroxylation sites is 1. The molecule has 8 heteroatoms. The molecule has 1 N–H and O–H groups in total. The van der Waals surface area contributed by atoms with Crippen molar-refractivity contribution in [2.24, 2.45) is 0 Å². The van der Waals surface area contributed by atoms with E-state index in [2.05, 4.69) is 4.98 Å². The van der Waals surface area contributed by atoms with E-state index in [1.165, 1.54) is 11.3 Å². The van der Waals surface area contributed by atoms with E-state index < -0.39 is 24.3 Å². The zero-order valence-corrected chi connectivity index (χ0v) is 13.7. The Labute approximate surface area is 124 Å². The number of hydrogen-bond acceptors (Lipinski definition) is 5. The highest BCUT2D eigenvalue weighted by atomic mass is 32.2. The Morgan fingerprint density at radius 1 is 1.40 bits per heavy atom. The van der Waals surface area contributed by atoms with Crippen LogP contribution >= 0.6 is 18.9 Å². The maximum absolute atomic E-state index is 12.1. The molecule has 1 heterocycles. The third-order valence-electron chi connectivity index (χ3n) is 3.00. The largest absolute Gasteiger partial charge is 0.344 e. The van der Waals surface area contributed by atoms with Crippen LogP contribution in [0.5, 0.6) is 0 Å². The van der Waals surface area contributed by atoms with Crippen molar-refractivity contribution in [2.75, 3.05) is 0 Å². The van der Waals surface area contributed by atoms with Crippen molar-refractivity contribution in [1.29, 1.82) is 0 Å². The Bertz CT molecular complexity index is 635. The van der Waals surface area contributed by atoms with Crippen molar-refractivity contribution in [3.05, 3.63) is 24.3 Å². The molecule has 5 nitrogen and oxygen atoms in total. The minimum absolute atomic E-state index is 0.214. The number of hydrogen-bond donors (Lipinski definition) is 1. The topological polar surface area (TPSA) is 76.5 Å². The van der Waals surface area contributed by atoms with Crippen LogP contribution in [-0.4, -0.2) is 19.7 Å². The lowest BCUT2D eigenvalue weighted by Crippen LogP contribution is -2.09. The molecule has 0 saturated carbocycles. The highest BCUT2D eigenvalue weighted by Crippen LogP contribution is 2.52. The predicted molar refractivity (Wildman–Crippen MR) is 81.3 cm³/mol. The maximum Gasteiger partial charge on any atom is 0.344 e. The molecule has 110 valence electrons. The quantitative estimate of drug-likeness (QED) is 0.816. The van der Waals surface area contributed by atoms with E-state index in [1.54, 1.807) is 19.9 Å². The van der Waals surface area contributed by atoms with Crippen molar-refractivity contribution in [3.63, 3.8) is 0 Å². The van der Waals surface area contributed by atoms with E-state index in [0.29, 0.717) is 18.4 Å². The lowest BCUT2D eigenvalue weighted by molar-refractivity contribution is 0.372. The average molecular weight is 333 g/mol. The molecule has 2 unspecified atom stereocenters. The summed E-state index contributed by atoms with van der Waals surface area (Å²) in [6, 6.07) is 7.34. The lowest BCUT2D eigenvalue weighted by Gasteiger charge is -2.18. The van der Waals surface area contributed by atoms with Crippen LogP contribution in [-0.2, 0) is 19.6 Å². The Morgan fingerprint density at radius 2 is 2.05 bits per heavy atom. The van der Waals surface area contributed by atoms with E-state index in [4.69, 9.17) is 3.97 Å². The molecule has 0 spiro atoms. The molecule has 0 aliphatic heterocycles. The second-order valence-corrected chi connectivity index (χ2v) is 8.89. The molecule has 0 aliphatic carbocycles. The maximum atomic E-state index is 12.1. The molecule has 2 aromatic rings. The fourth-order valence-corrected chi connectivity index (χ4v) is 5.99. The predicted octanol–water partition coefficient (Wildman–Crippen LogP) is 3.71. The highest BCUT2D eigenvalue weighted by molar-refractivity contribution is 7.87. The highest BCUT2D eigenvalue weighted by Gasteiger charge is 2.33. The van der Waals surface area contributed by atoms with Gasteiger partial charge in [-0.15, -0.1) is 11.3 Å². The van der Waals surface area contributed by atoms with Crippen molar-refractivity contribution < 1.29 is 17.6 Å². The van der Waals surface area contributed by atoms with Crippen LogP contribution in [0.15, 0.2) is 28.6 Å². The first-order valence-electron chi connectivity index (χ1n) is 6.27. The number of rotatable bonds is 6. The minimum atomic E-state index is -3.90. The van der Waals surface area contributed by atoms with Crippen LogP contribution in [0.4, 0.5) is 0 Å². The first-order chi connectivity index (χ1) is 9.47. The lowest BCUT2D eigenvalue weighted by atomic mass is 10.3. The number of benzene rings is 1. The smallest absolute Gasteiger partial charge is 0.323 e. The zero-order valence-electron chi connectivity index (χ0n) is 11.2. The van der Waals surface area contributed by atoms with Gasteiger partial charge in [-0.05, 0) is 25.0 Å². The second-order valence-electron chi connectivity index (χ2n) is 4.29. The van der Waals surface area contributed by atoms with Gasteiger partial charge in [0.25, 0.3) is 0 Å². The van der Waals surface area contributed by atoms with E-state index in [0.717, 1.165) is 4.70 Å². The summed E-state index contributed by atoms with van der Waals surface area (Å²) in [5.74, 6) is 0. The van der Waals surface area contributed by atoms with Crippen molar-refractivity contribution >= 4 is 40.2 Å². The Morgan fingerprint density at radius 3 is 2.65 bits per heavy atom. The van der Waals surface area contributed by atoms with E-state index in [9.17, 15) is 13.7 Å². The minimum Gasteiger partial charge on any atom is -0.323 e. The van der Waals surface area contributed by atoms with Gasteiger partial charge in [0.05, 0.1) is 15.9 Å². The second kappa shape index (κ2) is 6.45. The van der Waals surface area contributed by atoms with Gasteiger partial charge in [0, 0.05) is 0 Å². The summed E-state index contributed by atoms with van der Waals surface area (Å²) in [4.78, 5) is 14.1. The van der Waals surface area contributed by atoms with Crippen molar-refractivity contribution in [1.82, 2.24) is 4.98 Å². The molecule has 0 bridgehead atoms. The normalized spacial score (nSPS) is 16.4. The van der Waals surface area contributed by atoms with Gasteiger partial charge < -0.3 is 4.89 Å². The number of thiazole rings is 1. The van der Waals surface area contributed by atoms with Crippen molar-refractivity contribution in [3.8, 4) is 0 Å². The fraction of sp³-hybridized carbons (Fsp3) is 0.417. The molecule has 0 amide bonds. The molecule has 1 aromatic heterocycles. The van der Waals surface area contributed by atoms with Gasteiger partial charge in [-0.25, -0.2) is 13.2 Å². The molecule has 1 aromatic carbocycles. The van der Waals surface area contributed by atoms with Crippen LogP contribution in [0, 0.1) is 0 Å². The third-order valence-corrected chi connectivity index (χ3v) is 7.91. The summed E-state index contributed by atoms with van der Waals surface area (Å²) >= 11 is -0.811. The van der Waals surface area contributed by atoms with Crippen LogP contribution in [0.2, 0.25) is 0 Å². The van der Waals surface area contributed by atoms with Gasteiger partial charge >= 0.3 is 7.60 Å². The molecule has 2 rings (SSSR count). The number of nitrogens with zero attached hydrogens (tertiary/aromatic N) is 1. The molecular weight excluding hydrogens is 317 g/mol. The fourth-order valence-electron chi connectivity index (χ4n) is 1.86. The van der Waals surface area contributed by atoms with Crippen molar-refractivity contribution in [2.45, 2.75) is 36.7 Å². The van der Waals surface area contributed by atoms with Gasteiger partial charge in [-0.3, -0.25) is 4.57 Å². The Balaban J connectivity index is 2.21. The first kappa shape index (κ1) is 15.8. The van der Waals surface area contributed by atoms with Gasteiger partial charge in [0.2, 0.25) is 15.4 Å². The van der Waals surface area contributed by atoms with Crippen LogP contribution in [0.3, 0.4) is 0 Å². The van der Waals surface area contributed by atoms with Crippen LogP contribution in [0.1, 0.15) is 26.7 Å². The molecule has 0 fully saturated rings. The summed E-state index contributed by atoms with van der Waals surface area (Å²) in [5, 5.41) is 0. The molecule has 2 atom stereocenters. The van der Waals surface area contributed by atoms with Gasteiger partial charge in [0.1, 0.15) is 0 Å². The summed E-state index contributed by atoms with van der Waals surface area (Å²) in [7, 11) is -3.90. The SMILES string of the molecule is CCC(CC)P(=O)(O)OS(=O)c1nc2ccccc2s1. The van der Waals surface area contributed by atoms with Crippen LogP contribution in [0.25, 0.3) is 10.2 Å². The molecule has 20 heavy (non-hydrogen) atoms. The van der Waals surface area contributed by atoms with Gasteiger partial charge in [-0.1, -0.05) is 26.0 Å². The third kappa shape index (κ3) is 3.35. The molecule has 0 saturated heterocycles. The van der Waals surface area contributed by atoms with E-state index in [1.807, 2.05) is 18.2 Å². The Kier molecular flexibility index (Phi) is 5.09.